The molecule has 0 bridgehead atoms. The Morgan fingerprint density at radius 2 is 1.74 bits per heavy atom. The first kappa shape index (κ1) is 13.0. The van der Waals surface area contributed by atoms with E-state index in [1.807, 2.05) is 25.4 Å². The average Bonchev–Trinajstić information content (AvgIpc) is 2.78. The lowest BCUT2D eigenvalue weighted by Gasteiger charge is -2.24. The molecule has 0 saturated heterocycles. The third kappa shape index (κ3) is 2.27. The molecular weight excluding hydrogens is 236 g/mol. The predicted molar refractivity (Wildman–Crippen MR) is 72.7 cm³/mol. The van der Waals surface area contributed by atoms with Gasteiger partial charge in [0.2, 0.25) is 0 Å². The third-order valence-electron chi connectivity index (χ3n) is 3.41. The highest BCUT2D eigenvalue weighted by molar-refractivity contribution is 6.15. The van der Waals surface area contributed by atoms with Crippen molar-refractivity contribution in [3.8, 4) is 12.1 Å². The molecule has 0 saturated carbocycles. The third-order valence-corrected chi connectivity index (χ3v) is 3.41. The van der Waals surface area contributed by atoms with E-state index < -0.39 is 0 Å². The zero-order valence-electron chi connectivity index (χ0n) is 11.3. The van der Waals surface area contributed by atoms with Crippen molar-refractivity contribution in [2.45, 2.75) is 19.9 Å². The van der Waals surface area contributed by atoms with E-state index in [1.54, 1.807) is 12.1 Å². The minimum absolute atomic E-state index is 0.263. The summed E-state index contributed by atoms with van der Waals surface area (Å²) in [4.78, 5) is 0. The van der Waals surface area contributed by atoms with Crippen LogP contribution >= 0.6 is 0 Å². The summed E-state index contributed by atoms with van der Waals surface area (Å²) in [5.41, 5.74) is 2.75. The van der Waals surface area contributed by atoms with Gasteiger partial charge in [-0.25, -0.2) is 0 Å². The second-order valence-corrected chi connectivity index (χ2v) is 4.98. The molecule has 1 aliphatic rings. The monoisotopic (exact) mass is 251 g/mol. The topological polar surface area (TPSA) is 59.9 Å². The van der Waals surface area contributed by atoms with Gasteiger partial charge in [-0.2, -0.15) is 15.1 Å². The fraction of sp³-hybridized carbons (Fsp3) is 0.267. The lowest BCUT2D eigenvalue weighted by molar-refractivity contribution is -0.885. The Labute approximate surface area is 113 Å². The van der Waals surface area contributed by atoms with Gasteiger partial charge in [0.1, 0.15) is 29.6 Å². The zero-order chi connectivity index (χ0) is 14.0. The Morgan fingerprint density at radius 3 is 2.21 bits per heavy atom. The molecule has 0 amide bonds. The van der Waals surface area contributed by atoms with Gasteiger partial charge in [-0.15, -0.1) is 0 Å². The molecule has 0 N–H and O–H groups in total. The van der Waals surface area contributed by atoms with Crippen molar-refractivity contribution in [2.75, 3.05) is 7.05 Å². The normalized spacial score (nSPS) is 21.6. The molecule has 1 atom stereocenters. The van der Waals surface area contributed by atoms with Crippen molar-refractivity contribution in [1.29, 1.82) is 10.5 Å². The number of nitrogens with zero attached hydrogens (tertiary/aromatic N) is 4. The van der Waals surface area contributed by atoms with Crippen LogP contribution in [0.2, 0.25) is 0 Å². The highest BCUT2D eigenvalue weighted by Gasteiger charge is 2.34. The first-order valence-corrected chi connectivity index (χ1v) is 6.10. The summed E-state index contributed by atoms with van der Waals surface area (Å²) in [6, 6.07) is 11.7. The lowest BCUT2D eigenvalue weighted by Crippen LogP contribution is -2.37. The standard InChI is InChI=1S/C15H15N4/c1-11(2)19(3)10-14(9-17)15(18-19)13-6-4-12(8-16)5-7-13/h4-7,10-11H,1-3H3/q+1. The van der Waals surface area contributed by atoms with Crippen molar-refractivity contribution < 1.29 is 4.59 Å². The van der Waals surface area contributed by atoms with Crippen LogP contribution < -0.4 is 0 Å². The highest BCUT2D eigenvalue weighted by atomic mass is 15.6. The van der Waals surface area contributed by atoms with Crippen LogP contribution in [0.25, 0.3) is 0 Å². The van der Waals surface area contributed by atoms with E-state index in [2.05, 4.69) is 31.1 Å². The molecule has 0 aromatic heterocycles. The van der Waals surface area contributed by atoms with E-state index in [0.29, 0.717) is 21.4 Å². The number of hydrogen-bond acceptors (Lipinski definition) is 3. The van der Waals surface area contributed by atoms with Gasteiger partial charge in [0.25, 0.3) is 0 Å². The fourth-order valence-electron chi connectivity index (χ4n) is 1.88. The molecule has 19 heavy (non-hydrogen) atoms. The molecule has 0 aliphatic carbocycles. The zero-order valence-corrected chi connectivity index (χ0v) is 11.3. The van der Waals surface area contributed by atoms with E-state index in [9.17, 15) is 5.26 Å². The summed E-state index contributed by atoms with van der Waals surface area (Å²) in [5.74, 6) is 0. The van der Waals surface area contributed by atoms with Gasteiger partial charge in [-0.3, -0.25) is 0 Å². The van der Waals surface area contributed by atoms with Gasteiger partial charge in [-0.1, -0.05) is 17.2 Å². The van der Waals surface area contributed by atoms with Gasteiger partial charge in [0, 0.05) is 5.56 Å². The van der Waals surface area contributed by atoms with Gasteiger partial charge in [-0.05, 0) is 26.0 Å². The minimum atomic E-state index is 0.263. The molecule has 4 heteroatoms. The number of allylic oxidation sites excluding steroid dienone is 1. The number of nitriles is 2. The molecule has 94 valence electrons. The number of rotatable bonds is 2. The highest BCUT2D eigenvalue weighted by Crippen LogP contribution is 2.25. The summed E-state index contributed by atoms with van der Waals surface area (Å²) in [6.45, 7) is 4.13. The summed E-state index contributed by atoms with van der Waals surface area (Å²) in [7, 11) is 1.97. The largest absolute Gasteiger partial charge is 0.192 e. The Kier molecular flexibility index (Phi) is 3.21. The van der Waals surface area contributed by atoms with Crippen LogP contribution in [-0.2, 0) is 0 Å². The predicted octanol–water partition coefficient (Wildman–Crippen LogP) is 2.54. The summed E-state index contributed by atoms with van der Waals surface area (Å²) >= 11 is 0. The van der Waals surface area contributed by atoms with Crippen LogP contribution in [-0.4, -0.2) is 23.4 Å². The maximum Gasteiger partial charge on any atom is 0.149 e. The molecule has 0 spiro atoms. The van der Waals surface area contributed by atoms with Crippen LogP contribution in [0.4, 0.5) is 0 Å². The molecule has 0 radical (unpaired) electrons. The quantitative estimate of drug-likeness (QED) is 0.758. The van der Waals surface area contributed by atoms with Crippen LogP contribution in [0.1, 0.15) is 25.0 Å². The Bertz CT molecular complexity index is 638. The first-order valence-electron chi connectivity index (χ1n) is 6.10. The number of benzene rings is 1. The van der Waals surface area contributed by atoms with Crippen LogP contribution in [0.5, 0.6) is 0 Å². The fourth-order valence-corrected chi connectivity index (χ4v) is 1.88. The SMILES string of the molecule is CC(C)[N+]1(C)C=C(C#N)C(c2ccc(C#N)cc2)=N1. The molecule has 1 aromatic carbocycles. The van der Waals surface area contributed by atoms with Crippen LogP contribution in [0.15, 0.2) is 41.1 Å². The lowest BCUT2D eigenvalue weighted by atomic mass is 10.0. The van der Waals surface area contributed by atoms with Crippen molar-refractivity contribution in [3.63, 3.8) is 0 Å². The van der Waals surface area contributed by atoms with Gasteiger partial charge in [0.05, 0.1) is 18.7 Å². The van der Waals surface area contributed by atoms with Crippen molar-refractivity contribution in [1.82, 2.24) is 0 Å². The molecule has 0 fully saturated rings. The average molecular weight is 251 g/mol. The van der Waals surface area contributed by atoms with Gasteiger partial charge < -0.3 is 0 Å². The van der Waals surface area contributed by atoms with Gasteiger partial charge in [0.15, 0.2) is 0 Å². The molecule has 1 unspecified atom stereocenters. The summed E-state index contributed by atoms with van der Waals surface area (Å²) in [5, 5.41) is 22.7. The first-order chi connectivity index (χ1) is 9.00. The van der Waals surface area contributed by atoms with E-state index in [0.717, 1.165) is 5.56 Å². The molecular formula is C15H15N4+. The maximum atomic E-state index is 9.25. The van der Waals surface area contributed by atoms with E-state index in [1.165, 1.54) is 0 Å². The van der Waals surface area contributed by atoms with Crippen molar-refractivity contribution in [3.05, 3.63) is 47.2 Å². The van der Waals surface area contributed by atoms with Gasteiger partial charge >= 0.3 is 0 Å². The Morgan fingerprint density at radius 1 is 1.11 bits per heavy atom. The van der Waals surface area contributed by atoms with E-state index in [4.69, 9.17) is 5.26 Å². The number of hydrogen-bond donors (Lipinski definition) is 0. The molecule has 1 aliphatic heterocycles. The Hall–Kier alpha value is -2.43. The molecule has 1 aromatic rings. The maximum absolute atomic E-state index is 9.25. The number of quaternary nitrogens is 1. The molecule has 4 nitrogen and oxygen atoms in total. The van der Waals surface area contributed by atoms with E-state index in [-0.39, 0.29) is 6.04 Å². The second kappa shape index (κ2) is 4.68. The van der Waals surface area contributed by atoms with Crippen LogP contribution in [0, 0.1) is 22.7 Å². The molecule has 2 rings (SSSR count). The molecule has 1 heterocycles. The Balaban J connectivity index is 2.47. The second-order valence-electron chi connectivity index (χ2n) is 4.98. The van der Waals surface area contributed by atoms with E-state index >= 15 is 0 Å². The smallest absolute Gasteiger partial charge is 0.149 e. The van der Waals surface area contributed by atoms with Crippen molar-refractivity contribution in [2.24, 2.45) is 5.10 Å². The van der Waals surface area contributed by atoms with Crippen LogP contribution in [0.3, 0.4) is 0 Å². The summed E-state index contributed by atoms with van der Waals surface area (Å²) < 4.78 is 0.373. The minimum Gasteiger partial charge on any atom is -0.192 e. The van der Waals surface area contributed by atoms with Crippen molar-refractivity contribution >= 4 is 5.71 Å². The summed E-state index contributed by atoms with van der Waals surface area (Å²) in [6.07, 6.45) is 1.87.